The first kappa shape index (κ1) is 41.1. The van der Waals surface area contributed by atoms with E-state index in [2.05, 4.69) is 48.5 Å². The van der Waals surface area contributed by atoms with E-state index in [1.54, 1.807) is 7.11 Å². The number of nitrogens with one attached hydrogen (secondary N) is 2. The highest BCUT2D eigenvalue weighted by molar-refractivity contribution is 7.82. The second-order valence-corrected chi connectivity index (χ2v) is 10.7. The maximum Gasteiger partial charge on any atom is 0.222 e. The first-order valence-corrected chi connectivity index (χ1v) is 15.8. The lowest BCUT2D eigenvalue weighted by molar-refractivity contribution is -0.122. The second kappa shape index (κ2) is 33.0. The Morgan fingerprint density at radius 1 is 0.659 bits per heavy atom. The molecule has 0 fully saturated rings. The maximum atomic E-state index is 11.9. The van der Waals surface area contributed by atoms with Crippen molar-refractivity contribution in [2.24, 2.45) is 0 Å². The number of ether oxygens (including phenoxy) is 8. The molecule has 0 spiro atoms. The molecule has 0 aromatic heterocycles. The third-order valence-electron chi connectivity index (χ3n) is 5.23. The fraction of sp³-hybridized carbons (Fsp3) is 0.962. The molecule has 41 heavy (non-hydrogen) atoms. The third-order valence-corrected chi connectivity index (χ3v) is 6.35. The van der Waals surface area contributed by atoms with E-state index in [1.807, 2.05) is 0 Å². The first-order chi connectivity index (χ1) is 20.0. The Morgan fingerprint density at radius 3 is 1.49 bits per heavy atom. The number of amides is 1. The molecule has 0 aromatic rings. The van der Waals surface area contributed by atoms with Crippen molar-refractivity contribution in [3.05, 3.63) is 0 Å². The van der Waals surface area contributed by atoms with Gasteiger partial charge < -0.3 is 48.3 Å². The number of thiol groups is 3. The molecule has 3 unspecified atom stereocenters. The van der Waals surface area contributed by atoms with Crippen LogP contribution in [0.25, 0.3) is 0 Å². The van der Waals surface area contributed by atoms with Crippen LogP contribution in [0.1, 0.15) is 19.3 Å². The van der Waals surface area contributed by atoms with Gasteiger partial charge in [0.1, 0.15) is 6.23 Å². The van der Waals surface area contributed by atoms with Crippen LogP contribution in [-0.4, -0.2) is 153 Å². The summed E-state index contributed by atoms with van der Waals surface area (Å²) >= 11 is 13.2. The number of aliphatic hydroxyl groups excluding tert-OH is 1. The van der Waals surface area contributed by atoms with Crippen LogP contribution in [0.5, 0.6) is 0 Å². The van der Waals surface area contributed by atoms with Gasteiger partial charge in [-0.3, -0.25) is 10.1 Å². The number of hydrogen-bond donors (Lipinski definition) is 6. The largest absolute Gasteiger partial charge is 0.382 e. The first-order valence-electron chi connectivity index (χ1n) is 14.2. The zero-order valence-corrected chi connectivity index (χ0v) is 27.2. The van der Waals surface area contributed by atoms with E-state index in [-0.39, 0.29) is 36.0 Å². The molecule has 15 heteroatoms. The summed E-state index contributed by atoms with van der Waals surface area (Å²) in [6.07, 6.45) is 1.09. The van der Waals surface area contributed by atoms with Crippen molar-refractivity contribution in [3.63, 3.8) is 0 Å². The van der Waals surface area contributed by atoms with Crippen molar-refractivity contribution < 1.29 is 47.8 Å². The van der Waals surface area contributed by atoms with Crippen LogP contribution in [0.15, 0.2) is 0 Å². The van der Waals surface area contributed by atoms with Crippen molar-refractivity contribution in [3.8, 4) is 0 Å². The smallest absolute Gasteiger partial charge is 0.222 e. The van der Waals surface area contributed by atoms with Gasteiger partial charge in [-0.15, -0.1) is 0 Å². The highest BCUT2D eigenvalue weighted by Crippen LogP contribution is 2.13. The summed E-state index contributed by atoms with van der Waals surface area (Å²) in [7, 11) is 1.64. The molecular formula is C26H54N2O10S3. The van der Waals surface area contributed by atoms with Crippen molar-refractivity contribution in [1.29, 1.82) is 0 Å². The second-order valence-electron chi connectivity index (χ2n) is 8.81. The van der Waals surface area contributed by atoms with Crippen molar-refractivity contribution in [2.75, 3.05) is 125 Å². The highest BCUT2D eigenvalue weighted by Gasteiger charge is 2.12. The van der Waals surface area contributed by atoms with E-state index >= 15 is 0 Å². The van der Waals surface area contributed by atoms with E-state index in [0.717, 1.165) is 18.6 Å². The molecule has 0 heterocycles. The lowest BCUT2D eigenvalue weighted by Crippen LogP contribution is -2.43. The lowest BCUT2D eigenvalue weighted by Gasteiger charge is -2.19. The quantitative estimate of drug-likeness (QED) is 0.0336. The van der Waals surface area contributed by atoms with Crippen LogP contribution >= 0.6 is 37.9 Å². The number of carbonyl (C=O) groups excluding carboxylic acids is 1. The van der Waals surface area contributed by atoms with Crippen LogP contribution in [0.3, 0.4) is 0 Å². The zero-order chi connectivity index (χ0) is 30.2. The van der Waals surface area contributed by atoms with E-state index in [4.69, 9.17) is 37.9 Å². The molecule has 1 amide bonds. The Morgan fingerprint density at radius 2 is 1.07 bits per heavy atom. The third kappa shape index (κ3) is 32.9. The Bertz CT molecular complexity index is 562. The molecule has 0 saturated carbocycles. The van der Waals surface area contributed by atoms with Gasteiger partial charge in [-0.05, 0) is 18.6 Å². The molecular weight excluding hydrogens is 596 g/mol. The molecule has 0 rings (SSSR count). The summed E-state index contributed by atoms with van der Waals surface area (Å²) < 4.78 is 42.7. The van der Waals surface area contributed by atoms with Gasteiger partial charge >= 0.3 is 0 Å². The number of hydrogen-bond acceptors (Lipinski definition) is 14. The summed E-state index contributed by atoms with van der Waals surface area (Å²) in [6.45, 7) is 7.87. The van der Waals surface area contributed by atoms with E-state index in [9.17, 15) is 9.90 Å². The molecule has 12 nitrogen and oxygen atoms in total. The number of rotatable bonds is 33. The number of methoxy groups -OCH3 is 1. The molecule has 3 N–H and O–H groups in total. The number of aliphatic hydroxyl groups is 1. The normalized spacial score (nSPS) is 13.8. The van der Waals surface area contributed by atoms with E-state index < -0.39 is 6.23 Å². The summed E-state index contributed by atoms with van der Waals surface area (Å²) in [6, 6.07) is 0. The van der Waals surface area contributed by atoms with Crippen LogP contribution < -0.4 is 10.6 Å². The maximum absolute atomic E-state index is 11.9. The molecule has 0 aliphatic carbocycles. The minimum absolute atomic E-state index is 0.0648. The Kier molecular flexibility index (Phi) is 33.1. The van der Waals surface area contributed by atoms with E-state index in [1.165, 1.54) is 0 Å². The van der Waals surface area contributed by atoms with Gasteiger partial charge in [-0.1, -0.05) is 0 Å². The number of carbonyl (C=O) groups is 1. The molecule has 3 atom stereocenters. The fourth-order valence-corrected chi connectivity index (χ4v) is 4.46. The van der Waals surface area contributed by atoms with Gasteiger partial charge in [-0.2, -0.15) is 37.9 Å². The van der Waals surface area contributed by atoms with Crippen LogP contribution in [0.2, 0.25) is 0 Å². The van der Waals surface area contributed by atoms with Gasteiger partial charge in [0, 0.05) is 30.6 Å². The van der Waals surface area contributed by atoms with Crippen LogP contribution in [-0.2, 0) is 42.7 Å². The Hall–Kier alpha value is 0.120. The summed E-state index contributed by atoms with van der Waals surface area (Å²) in [4.78, 5) is 11.9. The average molecular weight is 651 g/mol. The molecule has 0 aromatic carbocycles. The Balaban J connectivity index is 3.30. The summed E-state index contributed by atoms with van der Waals surface area (Å²) in [5, 5.41) is 15.9. The van der Waals surface area contributed by atoms with Crippen LogP contribution in [0, 0.1) is 0 Å². The Labute approximate surface area is 262 Å². The topological polar surface area (TPSA) is 135 Å². The van der Waals surface area contributed by atoms with Gasteiger partial charge in [0.25, 0.3) is 0 Å². The molecule has 246 valence electrons. The minimum Gasteiger partial charge on any atom is -0.382 e. The molecule has 0 aliphatic heterocycles. The van der Waals surface area contributed by atoms with Crippen molar-refractivity contribution in [1.82, 2.24) is 10.6 Å². The molecule has 0 saturated heterocycles. The molecule has 0 bridgehead atoms. The SMILES string of the molecule is COCCOCCOCCOCCOCCOCCOCCOCCC(=O)NCC(O)NCC(S)CC(S)CCS. The van der Waals surface area contributed by atoms with Gasteiger partial charge in [0.2, 0.25) is 5.91 Å². The fourth-order valence-electron chi connectivity index (χ4n) is 3.04. The van der Waals surface area contributed by atoms with Crippen LogP contribution in [0.4, 0.5) is 0 Å². The van der Waals surface area contributed by atoms with Crippen molar-refractivity contribution in [2.45, 2.75) is 36.0 Å². The predicted molar refractivity (Wildman–Crippen MR) is 168 cm³/mol. The molecule has 0 radical (unpaired) electrons. The zero-order valence-electron chi connectivity index (χ0n) is 24.5. The van der Waals surface area contributed by atoms with Gasteiger partial charge in [0.05, 0.1) is 106 Å². The predicted octanol–water partition coefficient (Wildman–Crippen LogP) is 0.470. The van der Waals surface area contributed by atoms with Gasteiger partial charge in [-0.25, -0.2) is 0 Å². The monoisotopic (exact) mass is 650 g/mol. The van der Waals surface area contributed by atoms with Gasteiger partial charge in [0.15, 0.2) is 0 Å². The standard InChI is InChI=1S/C26H54N2O10S3/c1-31-5-6-33-9-10-35-13-14-37-17-18-38-16-15-36-12-11-34-8-7-32-4-2-25(29)28-22-26(30)27-21-24(41)20-23(40)3-19-39/h23-24,26-27,30,39-41H,2-22H2,1H3,(H,28,29). The summed E-state index contributed by atoms with van der Waals surface area (Å²) in [5.41, 5.74) is 0. The average Bonchev–Trinajstić information content (AvgIpc) is 2.95. The highest BCUT2D eigenvalue weighted by atomic mass is 32.1. The van der Waals surface area contributed by atoms with E-state index in [0.29, 0.717) is 99.0 Å². The molecule has 0 aliphatic rings. The van der Waals surface area contributed by atoms with Crippen molar-refractivity contribution >= 4 is 43.8 Å². The summed E-state index contributed by atoms with van der Waals surface area (Å²) in [5.74, 6) is 0.591. The minimum atomic E-state index is -0.840. The lowest BCUT2D eigenvalue weighted by atomic mass is 10.2.